The van der Waals surface area contributed by atoms with Crippen LogP contribution in [0.3, 0.4) is 0 Å². The highest BCUT2D eigenvalue weighted by Crippen LogP contribution is 2.18. The topological polar surface area (TPSA) is 36.7 Å². The Balaban J connectivity index is 3.12. The molecule has 0 fully saturated rings. The van der Waals surface area contributed by atoms with E-state index >= 15 is 0 Å². The molecule has 0 bridgehead atoms. The quantitative estimate of drug-likeness (QED) is 0.584. The fraction of sp³-hybridized carbons (Fsp3) is 0.143. The van der Waals surface area contributed by atoms with Gasteiger partial charge < -0.3 is 0 Å². The minimum atomic E-state index is 0.324. The van der Waals surface area contributed by atoms with Gasteiger partial charge in [-0.1, -0.05) is 11.6 Å². The number of rotatable bonds is 1. The molecule has 0 amide bonds. The molecule has 0 saturated heterocycles. The van der Waals surface area contributed by atoms with E-state index in [1.165, 1.54) is 0 Å². The Kier molecular flexibility index (Phi) is 3.09. The van der Waals surface area contributed by atoms with Crippen molar-refractivity contribution in [2.75, 3.05) is 0 Å². The molecule has 1 aromatic rings. The summed E-state index contributed by atoms with van der Waals surface area (Å²) in [6, 6.07) is 3.87. The molecule has 2 nitrogen and oxygen atoms in total. The van der Waals surface area contributed by atoms with Crippen molar-refractivity contribution < 1.29 is 0 Å². The van der Waals surface area contributed by atoms with Gasteiger partial charge in [0.15, 0.2) is 0 Å². The molecule has 1 aromatic heterocycles. The molecule has 0 atom stereocenters. The highest BCUT2D eigenvalue weighted by atomic mass is 127. The molecule has 0 spiro atoms. The van der Waals surface area contributed by atoms with Crippen molar-refractivity contribution >= 4 is 34.2 Å². The van der Waals surface area contributed by atoms with Crippen molar-refractivity contribution in [3.8, 4) is 6.07 Å². The maximum Gasteiger partial charge on any atom is 0.134 e. The van der Waals surface area contributed by atoms with E-state index in [-0.39, 0.29) is 0 Å². The predicted molar refractivity (Wildman–Crippen MR) is 51.3 cm³/mol. The summed E-state index contributed by atoms with van der Waals surface area (Å²) < 4.78 is 0.990. The summed E-state index contributed by atoms with van der Waals surface area (Å²) in [6.07, 6.45) is 1.95. The summed E-state index contributed by atoms with van der Waals surface area (Å²) in [5.74, 6) is 0. The summed E-state index contributed by atoms with van der Waals surface area (Å²) in [5, 5.41) is 8.86. The van der Waals surface area contributed by atoms with Crippen LogP contribution in [0.2, 0.25) is 5.15 Å². The van der Waals surface area contributed by atoms with Crippen LogP contribution in [0.4, 0.5) is 0 Å². The van der Waals surface area contributed by atoms with Gasteiger partial charge in [-0.05, 0) is 28.7 Å². The van der Waals surface area contributed by atoms with E-state index in [1.54, 1.807) is 6.20 Å². The molecule has 0 aliphatic heterocycles. The van der Waals surface area contributed by atoms with Crippen LogP contribution >= 0.6 is 34.2 Å². The van der Waals surface area contributed by atoms with Gasteiger partial charge in [-0.2, -0.15) is 5.26 Å². The van der Waals surface area contributed by atoms with Crippen LogP contribution in [-0.4, -0.2) is 4.98 Å². The fourth-order valence-electron chi connectivity index (χ4n) is 0.682. The number of hydrogen-bond donors (Lipinski definition) is 0. The molecule has 0 aliphatic rings. The highest BCUT2D eigenvalue weighted by molar-refractivity contribution is 14.1. The van der Waals surface area contributed by atoms with E-state index in [2.05, 4.69) is 27.6 Å². The average Bonchev–Trinajstić information content (AvgIpc) is 1.97. The van der Waals surface area contributed by atoms with Crippen LogP contribution in [0.1, 0.15) is 5.56 Å². The lowest BCUT2D eigenvalue weighted by atomic mass is 10.2. The number of nitriles is 1. The van der Waals surface area contributed by atoms with Crippen LogP contribution in [0, 0.1) is 14.9 Å². The van der Waals surface area contributed by atoms with Crippen LogP contribution in [-0.2, 0) is 6.42 Å². The monoisotopic (exact) mass is 278 g/mol. The Morgan fingerprint density at radius 2 is 2.45 bits per heavy atom. The second-order valence-electron chi connectivity index (χ2n) is 1.90. The van der Waals surface area contributed by atoms with Crippen molar-refractivity contribution in [1.29, 1.82) is 5.26 Å². The second kappa shape index (κ2) is 3.88. The van der Waals surface area contributed by atoms with Crippen molar-refractivity contribution in [1.82, 2.24) is 4.98 Å². The van der Waals surface area contributed by atoms with Crippen LogP contribution in [0.15, 0.2) is 12.3 Å². The molecule has 4 heteroatoms. The zero-order valence-corrected chi connectivity index (χ0v) is 8.43. The van der Waals surface area contributed by atoms with Crippen LogP contribution in [0.5, 0.6) is 0 Å². The van der Waals surface area contributed by atoms with Gasteiger partial charge in [-0.3, -0.25) is 0 Å². The van der Waals surface area contributed by atoms with Crippen molar-refractivity contribution in [3.63, 3.8) is 0 Å². The minimum Gasteiger partial charge on any atom is -0.244 e. The maximum atomic E-state index is 8.43. The second-order valence-corrected chi connectivity index (χ2v) is 3.42. The normalized spacial score (nSPS) is 9.18. The summed E-state index contributed by atoms with van der Waals surface area (Å²) >= 11 is 7.88. The number of aromatic nitrogens is 1. The molecule has 0 aromatic carbocycles. The lowest BCUT2D eigenvalue weighted by Crippen LogP contribution is -1.90. The first-order valence-corrected chi connectivity index (χ1v) is 4.37. The van der Waals surface area contributed by atoms with Gasteiger partial charge in [-0.25, -0.2) is 4.98 Å². The van der Waals surface area contributed by atoms with Crippen LogP contribution in [0.25, 0.3) is 0 Å². The Labute approximate surface area is 83.3 Å². The van der Waals surface area contributed by atoms with E-state index in [4.69, 9.17) is 16.9 Å². The number of hydrogen-bond acceptors (Lipinski definition) is 2. The summed E-state index contributed by atoms with van der Waals surface area (Å²) in [4.78, 5) is 3.87. The van der Waals surface area contributed by atoms with E-state index < -0.39 is 0 Å². The lowest BCUT2D eigenvalue weighted by molar-refractivity contribution is 1.17. The van der Waals surface area contributed by atoms with Gasteiger partial charge in [-0.15, -0.1) is 0 Å². The standard InChI is InChI=1S/C7H4ClIN2/c8-7-5(1-3-10)6(9)2-4-11-7/h2,4H,1H2. The van der Waals surface area contributed by atoms with Gasteiger partial charge in [0, 0.05) is 15.3 Å². The first kappa shape index (κ1) is 8.75. The first-order chi connectivity index (χ1) is 5.25. The van der Waals surface area contributed by atoms with Crippen molar-refractivity contribution in [3.05, 3.63) is 26.5 Å². The molecular weight excluding hydrogens is 274 g/mol. The van der Waals surface area contributed by atoms with Crippen molar-refractivity contribution in [2.24, 2.45) is 0 Å². The number of halogens is 2. The van der Waals surface area contributed by atoms with Gasteiger partial charge >= 0.3 is 0 Å². The molecule has 0 aliphatic carbocycles. The molecule has 56 valence electrons. The van der Waals surface area contributed by atoms with E-state index in [1.807, 2.05) is 12.1 Å². The van der Waals surface area contributed by atoms with Gasteiger partial charge in [0.1, 0.15) is 5.15 Å². The largest absolute Gasteiger partial charge is 0.244 e. The Hall–Kier alpha value is -0.340. The highest BCUT2D eigenvalue weighted by Gasteiger charge is 2.03. The predicted octanol–water partition coefficient (Wildman–Crippen LogP) is 2.41. The summed E-state index contributed by atoms with van der Waals surface area (Å²) in [5.41, 5.74) is 0.817. The molecule has 0 unspecified atom stereocenters. The fourth-order valence-corrected chi connectivity index (χ4v) is 1.67. The van der Waals surface area contributed by atoms with Gasteiger partial charge in [0.2, 0.25) is 0 Å². The van der Waals surface area contributed by atoms with Crippen LogP contribution < -0.4 is 0 Å². The molecule has 1 rings (SSSR count). The van der Waals surface area contributed by atoms with Gasteiger partial charge in [0.25, 0.3) is 0 Å². The van der Waals surface area contributed by atoms with E-state index in [0.29, 0.717) is 11.6 Å². The molecule has 11 heavy (non-hydrogen) atoms. The molecule has 0 radical (unpaired) electrons. The third-order valence-corrected chi connectivity index (χ3v) is 2.54. The van der Waals surface area contributed by atoms with Gasteiger partial charge in [0.05, 0.1) is 12.5 Å². The third-order valence-electron chi connectivity index (χ3n) is 1.20. The smallest absolute Gasteiger partial charge is 0.134 e. The Bertz CT molecular complexity index is 286. The van der Waals surface area contributed by atoms with E-state index in [0.717, 1.165) is 9.13 Å². The minimum absolute atomic E-state index is 0.324. The number of pyridine rings is 1. The Morgan fingerprint density at radius 1 is 1.73 bits per heavy atom. The SMILES string of the molecule is N#CCc1c(I)ccnc1Cl. The summed E-state index contributed by atoms with van der Waals surface area (Å²) in [6.45, 7) is 0. The molecule has 0 N–H and O–H groups in total. The number of nitrogens with zero attached hydrogens (tertiary/aromatic N) is 2. The third kappa shape index (κ3) is 2.04. The van der Waals surface area contributed by atoms with Crippen molar-refractivity contribution in [2.45, 2.75) is 6.42 Å². The molecule has 1 heterocycles. The Morgan fingerprint density at radius 3 is 3.00 bits per heavy atom. The zero-order chi connectivity index (χ0) is 8.27. The zero-order valence-electron chi connectivity index (χ0n) is 5.51. The molecular formula is C7H4ClIN2. The summed E-state index contributed by atoms with van der Waals surface area (Å²) in [7, 11) is 0. The lowest BCUT2D eigenvalue weighted by Gasteiger charge is -1.99. The molecule has 0 saturated carbocycles. The average molecular weight is 278 g/mol. The first-order valence-electron chi connectivity index (χ1n) is 2.91. The van der Waals surface area contributed by atoms with E-state index in [9.17, 15) is 0 Å². The maximum absolute atomic E-state index is 8.43.